The summed E-state index contributed by atoms with van der Waals surface area (Å²) in [5.74, 6) is 0.703. The molecule has 2 aliphatic heterocycles. The van der Waals surface area contributed by atoms with Crippen molar-refractivity contribution in [3.8, 4) is 0 Å². The van der Waals surface area contributed by atoms with Crippen LogP contribution in [0.4, 0.5) is 11.4 Å². The topological polar surface area (TPSA) is 58.3 Å². The lowest BCUT2D eigenvalue weighted by molar-refractivity contribution is 0.0776. The fourth-order valence-corrected chi connectivity index (χ4v) is 4.16. The summed E-state index contributed by atoms with van der Waals surface area (Å²) < 4.78 is 7.50. The Hall–Kier alpha value is -1.28. The average molecular weight is 513 g/mol. The van der Waals surface area contributed by atoms with E-state index in [0.717, 1.165) is 38.7 Å². The van der Waals surface area contributed by atoms with Crippen LogP contribution in [-0.2, 0) is 11.3 Å². The van der Waals surface area contributed by atoms with Crippen molar-refractivity contribution in [2.24, 2.45) is 15.2 Å². The second-order valence-electron chi connectivity index (χ2n) is 6.57. The van der Waals surface area contributed by atoms with Gasteiger partial charge in [0.2, 0.25) is 0 Å². The zero-order valence-electron chi connectivity index (χ0n) is 14.4. The van der Waals surface area contributed by atoms with Gasteiger partial charge in [0.25, 0.3) is 0 Å². The third kappa shape index (κ3) is 4.11. The Bertz CT molecular complexity index is 926. The Kier molecular flexibility index (Phi) is 5.64. The van der Waals surface area contributed by atoms with Gasteiger partial charge in [-0.25, -0.2) is 4.99 Å². The molecule has 2 heterocycles. The summed E-state index contributed by atoms with van der Waals surface area (Å²) in [6, 6.07) is 11.7. The van der Waals surface area contributed by atoms with Gasteiger partial charge in [0.05, 0.1) is 17.9 Å². The first-order valence-corrected chi connectivity index (χ1v) is 10.6. The van der Waals surface area contributed by atoms with E-state index in [1.807, 2.05) is 36.4 Å². The number of amidine groups is 1. The van der Waals surface area contributed by atoms with Gasteiger partial charge in [-0.1, -0.05) is 23.7 Å². The molecule has 2 aromatic carbocycles. The number of hydrogen-bond donors (Lipinski definition) is 1. The fourth-order valence-electron chi connectivity index (χ4n) is 3.27. The number of aliphatic imine (C=N–C) groups is 1. The van der Waals surface area contributed by atoms with Crippen LogP contribution in [0.15, 0.2) is 60.6 Å². The number of nitrogens with zero attached hydrogens (tertiary/aromatic N) is 3. The van der Waals surface area contributed by atoms with Gasteiger partial charge in [0, 0.05) is 40.0 Å². The van der Waals surface area contributed by atoms with E-state index in [0.29, 0.717) is 30.6 Å². The van der Waals surface area contributed by atoms with E-state index in [2.05, 4.69) is 47.4 Å². The van der Waals surface area contributed by atoms with Crippen molar-refractivity contribution in [2.45, 2.75) is 24.9 Å². The molecule has 0 atom stereocenters. The lowest BCUT2D eigenvalue weighted by Crippen LogP contribution is -2.51. The molecule has 2 aliphatic rings. The third-order valence-electron chi connectivity index (χ3n) is 4.72. The normalized spacial score (nSPS) is 18.3. The number of halogens is 3. The van der Waals surface area contributed by atoms with Crippen LogP contribution in [0.25, 0.3) is 0 Å². The molecule has 5 nitrogen and oxygen atoms in total. The number of anilines is 1. The molecule has 1 spiro atoms. The predicted molar refractivity (Wildman–Crippen MR) is 115 cm³/mol. The van der Waals surface area contributed by atoms with Crippen molar-refractivity contribution in [1.82, 2.24) is 0 Å². The first kappa shape index (κ1) is 19.1. The van der Waals surface area contributed by atoms with Crippen LogP contribution in [-0.4, -0.2) is 24.6 Å². The van der Waals surface area contributed by atoms with E-state index >= 15 is 0 Å². The number of hydrogen-bond acceptors (Lipinski definition) is 5. The lowest BCUT2D eigenvalue weighted by atomic mass is 9.87. The Labute approximate surface area is 179 Å². The number of rotatable bonds is 2. The monoisotopic (exact) mass is 510 g/mol. The molecule has 140 valence electrons. The largest absolute Gasteiger partial charge is 0.381 e. The van der Waals surface area contributed by atoms with Gasteiger partial charge in [-0.15, -0.1) is 5.11 Å². The molecule has 8 heteroatoms. The SMILES string of the molecule is Clc1cccc(CN=NC2=Nc3cc(Br)c(Br)cc3NC23CCOCC3)c1. The van der Waals surface area contributed by atoms with Crippen molar-refractivity contribution in [3.63, 3.8) is 0 Å². The van der Waals surface area contributed by atoms with Gasteiger partial charge in [-0.05, 0) is 61.7 Å². The quantitative estimate of drug-likeness (QED) is 0.466. The van der Waals surface area contributed by atoms with Crippen LogP contribution in [0.5, 0.6) is 0 Å². The zero-order chi connectivity index (χ0) is 18.9. The molecule has 1 N–H and O–H groups in total. The Morgan fingerprint density at radius 2 is 1.93 bits per heavy atom. The van der Waals surface area contributed by atoms with Gasteiger partial charge in [-0.3, -0.25) is 0 Å². The number of fused-ring (bicyclic) bond motifs is 1. The van der Waals surface area contributed by atoms with Crippen LogP contribution in [0.2, 0.25) is 5.02 Å². The maximum absolute atomic E-state index is 6.04. The minimum absolute atomic E-state index is 0.351. The third-order valence-corrected chi connectivity index (χ3v) is 6.80. The molecule has 0 amide bonds. The van der Waals surface area contributed by atoms with Crippen molar-refractivity contribution in [3.05, 3.63) is 55.9 Å². The Morgan fingerprint density at radius 3 is 2.70 bits per heavy atom. The predicted octanol–water partition coefficient (Wildman–Crippen LogP) is 6.52. The van der Waals surface area contributed by atoms with Gasteiger partial charge in [-0.2, -0.15) is 5.11 Å². The molecule has 1 fully saturated rings. The highest BCUT2D eigenvalue weighted by molar-refractivity contribution is 9.13. The van der Waals surface area contributed by atoms with Crippen LogP contribution in [0.1, 0.15) is 18.4 Å². The van der Waals surface area contributed by atoms with Crippen molar-refractivity contribution >= 4 is 60.7 Å². The maximum Gasteiger partial charge on any atom is 0.176 e. The highest BCUT2D eigenvalue weighted by atomic mass is 79.9. The van der Waals surface area contributed by atoms with E-state index in [9.17, 15) is 0 Å². The molecular formula is C19H17Br2ClN4O. The first-order chi connectivity index (χ1) is 13.1. The molecule has 27 heavy (non-hydrogen) atoms. The van der Waals surface area contributed by atoms with Crippen LogP contribution < -0.4 is 5.32 Å². The standard InChI is InChI=1S/C19H17Br2ClN4O/c20-14-9-16-17(10-15(14)21)25-19(4-6-27-7-5-19)18(24-16)26-23-11-12-2-1-3-13(22)8-12/h1-3,8-10,25H,4-7,11H2. The van der Waals surface area contributed by atoms with E-state index in [4.69, 9.17) is 21.3 Å². The van der Waals surface area contributed by atoms with E-state index < -0.39 is 0 Å². The summed E-state index contributed by atoms with van der Waals surface area (Å²) in [7, 11) is 0. The summed E-state index contributed by atoms with van der Waals surface area (Å²) in [4.78, 5) is 4.83. The smallest absolute Gasteiger partial charge is 0.176 e. The van der Waals surface area contributed by atoms with Gasteiger partial charge in [0.1, 0.15) is 5.54 Å². The van der Waals surface area contributed by atoms with Crippen molar-refractivity contribution < 1.29 is 4.74 Å². The van der Waals surface area contributed by atoms with Gasteiger partial charge in [0.15, 0.2) is 5.84 Å². The van der Waals surface area contributed by atoms with Crippen LogP contribution in [0, 0.1) is 0 Å². The minimum Gasteiger partial charge on any atom is -0.381 e. The highest BCUT2D eigenvalue weighted by Crippen LogP contribution is 2.42. The maximum atomic E-state index is 6.04. The fraction of sp³-hybridized carbons (Fsp3) is 0.316. The summed E-state index contributed by atoms with van der Waals surface area (Å²) in [6.45, 7) is 1.80. The molecule has 0 unspecified atom stereocenters. The van der Waals surface area contributed by atoms with Gasteiger partial charge >= 0.3 is 0 Å². The first-order valence-electron chi connectivity index (χ1n) is 8.62. The molecule has 2 aromatic rings. The number of ether oxygens (including phenoxy) is 1. The molecule has 4 rings (SSSR count). The molecule has 1 saturated heterocycles. The molecule has 0 bridgehead atoms. The number of benzene rings is 2. The van der Waals surface area contributed by atoms with Crippen LogP contribution in [0.3, 0.4) is 0 Å². The molecular weight excluding hydrogens is 495 g/mol. The Balaban J connectivity index is 1.66. The average Bonchev–Trinajstić information content (AvgIpc) is 2.65. The highest BCUT2D eigenvalue weighted by Gasteiger charge is 2.41. The van der Waals surface area contributed by atoms with Crippen molar-refractivity contribution in [2.75, 3.05) is 18.5 Å². The van der Waals surface area contributed by atoms with Crippen LogP contribution >= 0.6 is 43.5 Å². The molecule has 0 aromatic heterocycles. The van der Waals surface area contributed by atoms with Gasteiger partial charge < -0.3 is 10.1 Å². The lowest BCUT2D eigenvalue weighted by Gasteiger charge is -2.40. The van der Waals surface area contributed by atoms with E-state index in [1.54, 1.807) is 0 Å². The van der Waals surface area contributed by atoms with E-state index in [-0.39, 0.29) is 5.54 Å². The zero-order valence-corrected chi connectivity index (χ0v) is 18.3. The summed E-state index contributed by atoms with van der Waals surface area (Å²) in [6.07, 6.45) is 1.60. The Morgan fingerprint density at radius 1 is 1.15 bits per heavy atom. The molecule has 0 aliphatic carbocycles. The second kappa shape index (κ2) is 7.99. The molecule has 0 radical (unpaired) electrons. The van der Waals surface area contributed by atoms with E-state index in [1.165, 1.54) is 0 Å². The summed E-state index contributed by atoms with van der Waals surface area (Å²) >= 11 is 13.1. The number of nitrogens with one attached hydrogen (secondary N) is 1. The summed E-state index contributed by atoms with van der Waals surface area (Å²) in [5, 5.41) is 13.3. The minimum atomic E-state index is -0.351. The second-order valence-corrected chi connectivity index (χ2v) is 8.71. The number of azo groups is 1. The molecule has 0 saturated carbocycles. The summed E-state index contributed by atoms with van der Waals surface area (Å²) in [5.41, 5.74) is 2.50. The van der Waals surface area contributed by atoms with Crippen molar-refractivity contribution in [1.29, 1.82) is 0 Å².